The molecule has 0 aromatic heterocycles. The van der Waals surface area contributed by atoms with E-state index in [1.54, 1.807) is 23.5 Å². The van der Waals surface area contributed by atoms with Gasteiger partial charge in [0.15, 0.2) is 0 Å². The van der Waals surface area contributed by atoms with Gasteiger partial charge in [-0.2, -0.15) is 5.26 Å². The zero-order valence-corrected chi connectivity index (χ0v) is 21.7. The van der Waals surface area contributed by atoms with Crippen molar-refractivity contribution in [1.29, 1.82) is 5.26 Å². The minimum absolute atomic E-state index is 0.180. The van der Waals surface area contributed by atoms with Crippen molar-refractivity contribution in [3.05, 3.63) is 83.4 Å². The first-order valence-corrected chi connectivity index (χ1v) is 12.9. The number of hydrogen-bond acceptors (Lipinski definition) is 3. The van der Waals surface area contributed by atoms with Crippen molar-refractivity contribution in [3.8, 4) is 6.07 Å². The Hall–Kier alpha value is -2.15. The Morgan fingerprint density at radius 3 is 1.34 bits per heavy atom. The molecule has 0 aliphatic heterocycles. The number of nitrogens with zero attached hydrogens (tertiary/aromatic N) is 1. The van der Waals surface area contributed by atoms with E-state index >= 15 is 0 Å². The van der Waals surface area contributed by atoms with Crippen LogP contribution in [0.25, 0.3) is 0 Å². The summed E-state index contributed by atoms with van der Waals surface area (Å²) in [5, 5.41) is 9.94. The average Bonchev–Trinajstić information content (AvgIpc) is 2.80. The molecular formula is C29H33NS2. The fourth-order valence-electron chi connectivity index (χ4n) is 3.40. The Kier molecular flexibility index (Phi) is 7.80. The molecule has 166 valence electrons. The topological polar surface area (TPSA) is 23.8 Å². The quantitative estimate of drug-likeness (QED) is 0.335. The highest BCUT2D eigenvalue weighted by atomic mass is 32.2. The van der Waals surface area contributed by atoms with Crippen LogP contribution in [-0.2, 0) is 10.8 Å². The van der Waals surface area contributed by atoms with Gasteiger partial charge in [-0.15, -0.1) is 0 Å². The number of benzene rings is 3. The monoisotopic (exact) mass is 459 g/mol. The molecule has 32 heavy (non-hydrogen) atoms. The van der Waals surface area contributed by atoms with Gasteiger partial charge in [-0.05, 0) is 71.2 Å². The molecule has 0 bridgehead atoms. The summed E-state index contributed by atoms with van der Waals surface area (Å²) in [6, 6.07) is 26.2. The first-order chi connectivity index (χ1) is 15.2. The van der Waals surface area contributed by atoms with E-state index in [4.69, 9.17) is 0 Å². The van der Waals surface area contributed by atoms with Gasteiger partial charge in [0.05, 0.1) is 5.56 Å². The zero-order valence-electron chi connectivity index (χ0n) is 20.0. The highest BCUT2D eigenvalue weighted by Gasteiger charge is 2.19. The van der Waals surface area contributed by atoms with Crippen LogP contribution in [-0.4, -0.2) is 0 Å². The third kappa shape index (κ3) is 5.61. The van der Waals surface area contributed by atoms with Gasteiger partial charge < -0.3 is 0 Å². The summed E-state index contributed by atoms with van der Waals surface area (Å²) in [6.45, 7) is 13.6. The fourth-order valence-corrected chi connectivity index (χ4v) is 5.33. The summed E-state index contributed by atoms with van der Waals surface area (Å²) < 4.78 is 0. The lowest BCUT2D eigenvalue weighted by Crippen LogP contribution is -2.14. The molecule has 0 spiro atoms. The van der Waals surface area contributed by atoms with Gasteiger partial charge in [0.1, 0.15) is 6.07 Å². The SMILES string of the molecule is CCC(C)(C)c1ccc(Sc2cccc(Sc3ccc(C(C)(C)CC)cc3)c2C#N)cc1. The lowest BCUT2D eigenvalue weighted by atomic mass is 9.82. The first kappa shape index (κ1) is 24.5. The Labute approximate surface area is 202 Å². The van der Waals surface area contributed by atoms with Gasteiger partial charge >= 0.3 is 0 Å². The molecule has 0 amide bonds. The van der Waals surface area contributed by atoms with Crippen molar-refractivity contribution in [2.75, 3.05) is 0 Å². The minimum Gasteiger partial charge on any atom is -0.192 e. The molecule has 0 saturated heterocycles. The molecule has 3 heteroatoms. The van der Waals surface area contributed by atoms with E-state index in [1.807, 2.05) is 12.1 Å². The van der Waals surface area contributed by atoms with Gasteiger partial charge in [-0.3, -0.25) is 0 Å². The van der Waals surface area contributed by atoms with E-state index in [0.717, 1.165) is 38.0 Å². The second-order valence-electron chi connectivity index (χ2n) is 9.47. The second kappa shape index (κ2) is 10.2. The second-order valence-corrected chi connectivity index (χ2v) is 11.7. The van der Waals surface area contributed by atoms with Gasteiger partial charge in [-0.25, -0.2) is 0 Å². The first-order valence-electron chi connectivity index (χ1n) is 11.3. The molecule has 0 unspecified atom stereocenters. The van der Waals surface area contributed by atoms with Gasteiger partial charge in [-0.1, -0.05) is 95.4 Å². The van der Waals surface area contributed by atoms with Crippen LogP contribution in [0.15, 0.2) is 86.3 Å². The van der Waals surface area contributed by atoms with E-state index in [0.29, 0.717) is 0 Å². The number of rotatable bonds is 8. The van der Waals surface area contributed by atoms with Gasteiger partial charge in [0.25, 0.3) is 0 Å². The number of hydrogen-bond donors (Lipinski definition) is 0. The van der Waals surface area contributed by atoms with Crippen LogP contribution in [0, 0.1) is 11.3 Å². The standard InChI is InChI=1S/C29H33NS2/c1-7-28(3,4)21-12-16-23(17-13-21)31-26-10-9-11-27(25(26)20-30)32-24-18-14-22(15-19-24)29(5,6)8-2/h9-19H,7-8H2,1-6H3. The Morgan fingerprint density at radius 2 is 1.03 bits per heavy atom. The van der Waals surface area contributed by atoms with Crippen LogP contribution in [0.3, 0.4) is 0 Å². The van der Waals surface area contributed by atoms with Crippen molar-refractivity contribution < 1.29 is 0 Å². The third-order valence-corrected chi connectivity index (χ3v) is 8.73. The van der Waals surface area contributed by atoms with Crippen molar-refractivity contribution >= 4 is 23.5 Å². The predicted molar refractivity (Wildman–Crippen MR) is 139 cm³/mol. The van der Waals surface area contributed by atoms with Crippen LogP contribution in [0.4, 0.5) is 0 Å². The summed E-state index contributed by atoms with van der Waals surface area (Å²) in [4.78, 5) is 4.32. The van der Waals surface area contributed by atoms with Crippen molar-refractivity contribution in [1.82, 2.24) is 0 Å². The normalized spacial score (nSPS) is 11.9. The molecule has 0 aliphatic carbocycles. The molecule has 0 aliphatic rings. The molecule has 0 atom stereocenters. The zero-order chi connectivity index (χ0) is 23.4. The largest absolute Gasteiger partial charge is 0.192 e. The molecular weight excluding hydrogens is 426 g/mol. The maximum atomic E-state index is 9.94. The molecule has 3 aromatic rings. The minimum atomic E-state index is 0.180. The molecule has 0 heterocycles. The lowest BCUT2D eigenvalue weighted by molar-refractivity contribution is 0.506. The van der Waals surface area contributed by atoms with Crippen LogP contribution in [0.5, 0.6) is 0 Å². The van der Waals surface area contributed by atoms with Crippen LogP contribution in [0.2, 0.25) is 0 Å². The van der Waals surface area contributed by atoms with E-state index < -0.39 is 0 Å². The van der Waals surface area contributed by atoms with E-state index in [2.05, 4.69) is 102 Å². The summed E-state index contributed by atoms with van der Waals surface area (Å²) in [5.41, 5.74) is 3.81. The number of nitriles is 1. The Balaban J connectivity index is 1.82. The molecule has 1 nitrogen and oxygen atoms in total. The molecule has 3 aromatic carbocycles. The maximum absolute atomic E-state index is 9.94. The predicted octanol–water partition coefficient (Wildman–Crippen LogP) is 9.24. The molecule has 0 saturated carbocycles. The van der Waals surface area contributed by atoms with E-state index in [-0.39, 0.29) is 10.8 Å². The van der Waals surface area contributed by atoms with Crippen molar-refractivity contribution in [2.24, 2.45) is 0 Å². The van der Waals surface area contributed by atoms with Crippen molar-refractivity contribution in [3.63, 3.8) is 0 Å². The maximum Gasteiger partial charge on any atom is 0.102 e. The highest BCUT2D eigenvalue weighted by molar-refractivity contribution is 8.00. The van der Waals surface area contributed by atoms with Crippen LogP contribution >= 0.6 is 23.5 Å². The molecule has 0 N–H and O–H groups in total. The van der Waals surface area contributed by atoms with E-state index in [9.17, 15) is 5.26 Å². The van der Waals surface area contributed by atoms with Gasteiger partial charge in [0, 0.05) is 19.6 Å². The molecule has 3 rings (SSSR count). The summed E-state index contributed by atoms with van der Waals surface area (Å²) in [6.07, 6.45) is 2.21. The third-order valence-electron chi connectivity index (χ3n) is 6.59. The lowest BCUT2D eigenvalue weighted by Gasteiger charge is -2.23. The average molecular weight is 460 g/mol. The Bertz CT molecular complexity index is 1010. The molecule has 0 radical (unpaired) electrons. The summed E-state index contributed by atoms with van der Waals surface area (Å²) in [5.74, 6) is 0. The van der Waals surface area contributed by atoms with Gasteiger partial charge in [0.2, 0.25) is 0 Å². The summed E-state index contributed by atoms with van der Waals surface area (Å²) in [7, 11) is 0. The van der Waals surface area contributed by atoms with Crippen LogP contribution < -0.4 is 0 Å². The van der Waals surface area contributed by atoms with Crippen molar-refractivity contribution in [2.45, 2.75) is 84.8 Å². The molecule has 0 fully saturated rings. The van der Waals surface area contributed by atoms with E-state index in [1.165, 1.54) is 11.1 Å². The fraction of sp³-hybridized carbons (Fsp3) is 0.345. The highest BCUT2D eigenvalue weighted by Crippen LogP contribution is 2.39. The van der Waals surface area contributed by atoms with Crippen LogP contribution in [0.1, 0.15) is 71.1 Å². The smallest absolute Gasteiger partial charge is 0.102 e. The summed E-state index contributed by atoms with van der Waals surface area (Å²) >= 11 is 3.33. The Morgan fingerprint density at radius 1 is 0.656 bits per heavy atom.